The van der Waals surface area contributed by atoms with Gasteiger partial charge in [-0.1, -0.05) is 30.4 Å². The smallest absolute Gasteiger partial charge is 0.275 e. The van der Waals surface area contributed by atoms with E-state index < -0.39 is 12.3 Å². The van der Waals surface area contributed by atoms with E-state index in [1.165, 1.54) is 9.80 Å². The van der Waals surface area contributed by atoms with E-state index in [4.69, 9.17) is 14.2 Å². The number of aliphatic hydroxyl groups is 1. The van der Waals surface area contributed by atoms with Crippen LogP contribution in [0, 0.1) is 0 Å². The molecule has 170 valence electrons. The number of rotatable bonds is 4. The van der Waals surface area contributed by atoms with Crippen LogP contribution in [-0.2, 0) is 23.8 Å². The van der Waals surface area contributed by atoms with Gasteiger partial charge in [-0.15, -0.1) is 0 Å². The number of carbonyl (C=O) groups is 2. The number of aliphatic hydroxyl groups excluding tert-OH is 1. The Kier molecular flexibility index (Phi) is 4.65. The number of para-hydroxylation sites is 1. The molecule has 2 amide bonds. The van der Waals surface area contributed by atoms with Crippen molar-refractivity contribution in [1.82, 2.24) is 14.8 Å². The summed E-state index contributed by atoms with van der Waals surface area (Å²) in [5.41, 5.74) is 2.50. The van der Waals surface area contributed by atoms with Crippen LogP contribution in [0.4, 0.5) is 0 Å². The Morgan fingerprint density at radius 3 is 2.88 bits per heavy atom. The van der Waals surface area contributed by atoms with E-state index in [0.717, 1.165) is 16.5 Å². The van der Waals surface area contributed by atoms with Crippen LogP contribution >= 0.6 is 0 Å². The number of nitrogens with zero attached hydrogens (tertiary/aromatic N) is 2. The number of nitrogens with one attached hydrogen (secondary N) is 1. The summed E-state index contributed by atoms with van der Waals surface area (Å²) in [7, 11) is 0. The molecule has 4 atom stereocenters. The zero-order valence-corrected chi connectivity index (χ0v) is 17.9. The van der Waals surface area contributed by atoms with Gasteiger partial charge in [-0.05, 0) is 19.1 Å². The molecular weight excluding hydrogens is 426 g/mol. The third-order valence-corrected chi connectivity index (χ3v) is 6.55. The molecule has 0 bridgehead atoms. The van der Waals surface area contributed by atoms with E-state index in [9.17, 15) is 14.7 Å². The predicted octanol–water partition coefficient (Wildman–Crippen LogP) is 1.48. The molecule has 1 aliphatic carbocycles. The first-order chi connectivity index (χ1) is 16.1. The summed E-state index contributed by atoms with van der Waals surface area (Å²) in [4.78, 5) is 33.0. The Morgan fingerprint density at radius 2 is 2.03 bits per heavy atom. The fourth-order valence-corrected chi connectivity index (χ4v) is 4.76. The fraction of sp³-hybridized carbons (Fsp3) is 0.333. The van der Waals surface area contributed by atoms with Gasteiger partial charge in [-0.3, -0.25) is 14.5 Å². The minimum absolute atomic E-state index is 0.131. The van der Waals surface area contributed by atoms with Crippen LogP contribution in [0.3, 0.4) is 0 Å². The van der Waals surface area contributed by atoms with Crippen molar-refractivity contribution in [2.45, 2.75) is 31.4 Å². The van der Waals surface area contributed by atoms with Crippen molar-refractivity contribution in [3.05, 3.63) is 65.5 Å². The van der Waals surface area contributed by atoms with Crippen LogP contribution in [0.2, 0.25) is 0 Å². The Morgan fingerprint density at radius 1 is 1.21 bits per heavy atom. The summed E-state index contributed by atoms with van der Waals surface area (Å²) < 4.78 is 17.5. The normalized spacial score (nSPS) is 27.7. The van der Waals surface area contributed by atoms with Crippen molar-refractivity contribution < 1.29 is 28.9 Å². The number of fused-ring (bicyclic) bond motifs is 3. The number of piperazine rings is 1. The lowest BCUT2D eigenvalue weighted by molar-refractivity contribution is -0.150. The van der Waals surface area contributed by atoms with Crippen molar-refractivity contribution in [3.63, 3.8) is 0 Å². The molecule has 33 heavy (non-hydrogen) atoms. The summed E-state index contributed by atoms with van der Waals surface area (Å²) in [6, 6.07) is 7.20. The van der Waals surface area contributed by atoms with Crippen LogP contribution in [0.25, 0.3) is 16.7 Å². The van der Waals surface area contributed by atoms with E-state index >= 15 is 0 Å². The van der Waals surface area contributed by atoms with E-state index in [1.54, 1.807) is 13.1 Å². The molecule has 3 aliphatic heterocycles. The van der Waals surface area contributed by atoms with Gasteiger partial charge >= 0.3 is 0 Å². The molecule has 0 spiro atoms. The number of benzene rings is 1. The lowest BCUT2D eigenvalue weighted by Gasteiger charge is -2.37. The van der Waals surface area contributed by atoms with Gasteiger partial charge in [-0.25, -0.2) is 0 Å². The first-order valence-electron chi connectivity index (χ1n) is 10.9. The lowest BCUT2D eigenvalue weighted by atomic mass is 10.00. The molecule has 1 aromatic carbocycles. The van der Waals surface area contributed by atoms with Crippen molar-refractivity contribution in [2.75, 3.05) is 19.9 Å². The van der Waals surface area contributed by atoms with Crippen molar-refractivity contribution in [2.24, 2.45) is 0 Å². The lowest BCUT2D eigenvalue weighted by Crippen LogP contribution is -2.56. The molecule has 2 N–H and O–H groups in total. The summed E-state index contributed by atoms with van der Waals surface area (Å²) in [6.07, 6.45) is 6.18. The highest BCUT2D eigenvalue weighted by molar-refractivity contribution is 6.10. The highest BCUT2D eigenvalue weighted by atomic mass is 16.7. The van der Waals surface area contributed by atoms with Gasteiger partial charge in [0.1, 0.15) is 25.5 Å². The van der Waals surface area contributed by atoms with Crippen molar-refractivity contribution in [1.29, 1.82) is 0 Å². The number of hydrogen-bond donors (Lipinski definition) is 2. The van der Waals surface area contributed by atoms with Gasteiger partial charge in [0.25, 0.3) is 5.91 Å². The topological polar surface area (TPSA) is 104 Å². The van der Waals surface area contributed by atoms with Crippen LogP contribution < -0.4 is 0 Å². The number of aromatic amines is 1. The minimum Gasteiger partial charge on any atom is -0.463 e. The second-order valence-corrected chi connectivity index (χ2v) is 8.53. The molecule has 2 fully saturated rings. The third kappa shape index (κ3) is 3.04. The molecule has 2 saturated heterocycles. The summed E-state index contributed by atoms with van der Waals surface area (Å²) in [5, 5.41) is 10.5. The molecule has 0 saturated carbocycles. The molecule has 2 aromatic rings. The van der Waals surface area contributed by atoms with E-state index in [-0.39, 0.29) is 49.7 Å². The van der Waals surface area contributed by atoms with Crippen molar-refractivity contribution in [3.8, 4) is 0 Å². The van der Waals surface area contributed by atoms with Gasteiger partial charge in [0.15, 0.2) is 11.5 Å². The van der Waals surface area contributed by atoms with Gasteiger partial charge in [0.2, 0.25) is 12.1 Å². The Bertz CT molecular complexity index is 1240. The van der Waals surface area contributed by atoms with Gasteiger partial charge in [0, 0.05) is 28.2 Å². The maximum atomic E-state index is 13.6. The molecule has 1 aromatic heterocycles. The minimum atomic E-state index is -0.798. The molecule has 6 rings (SSSR count). The molecular formula is C24H23N3O6. The molecule has 9 heteroatoms. The molecule has 0 radical (unpaired) electrons. The van der Waals surface area contributed by atoms with Gasteiger partial charge in [0.05, 0.1) is 12.6 Å². The largest absolute Gasteiger partial charge is 0.463 e. The first-order valence-corrected chi connectivity index (χ1v) is 10.9. The maximum absolute atomic E-state index is 13.6. The highest BCUT2D eigenvalue weighted by Gasteiger charge is 2.50. The third-order valence-electron chi connectivity index (χ3n) is 6.55. The number of H-pyrrole nitrogens is 1. The quantitative estimate of drug-likeness (QED) is 0.733. The number of hydrogen-bond acceptors (Lipinski definition) is 6. The van der Waals surface area contributed by atoms with Crippen LogP contribution in [0.15, 0.2) is 60.0 Å². The molecule has 4 heterocycles. The zero-order valence-electron chi connectivity index (χ0n) is 17.9. The van der Waals surface area contributed by atoms with Crippen molar-refractivity contribution >= 4 is 28.5 Å². The average Bonchev–Trinajstić information content (AvgIpc) is 3.56. The maximum Gasteiger partial charge on any atom is 0.275 e. The Labute approximate surface area is 189 Å². The summed E-state index contributed by atoms with van der Waals surface area (Å²) >= 11 is 0. The summed E-state index contributed by atoms with van der Waals surface area (Å²) in [6.45, 7) is 1.54. The van der Waals surface area contributed by atoms with Gasteiger partial charge in [-0.2, -0.15) is 0 Å². The van der Waals surface area contributed by atoms with Crippen LogP contribution in [-0.4, -0.2) is 76.1 Å². The molecule has 4 aliphatic rings. The van der Waals surface area contributed by atoms with E-state index in [0.29, 0.717) is 11.3 Å². The van der Waals surface area contributed by atoms with E-state index in [2.05, 4.69) is 4.98 Å². The SMILES string of the molecule is C[C@@H](CO)N1CC(=O)N2C(=C(c3c[nH]c4ccccc34)OC2C2=CC3OCOC3C=C2)C1=O. The predicted molar refractivity (Wildman–Crippen MR) is 117 cm³/mol. The second kappa shape index (κ2) is 7.58. The Hall–Kier alpha value is -3.40. The number of aromatic nitrogens is 1. The van der Waals surface area contributed by atoms with E-state index in [1.807, 2.05) is 42.5 Å². The second-order valence-electron chi connectivity index (χ2n) is 8.53. The monoisotopic (exact) mass is 449 g/mol. The zero-order chi connectivity index (χ0) is 22.7. The standard InChI is InChI=1S/C24H23N3O6/c1-13(11-28)26-10-20(29)27-21(23(26)30)22(16-9-25-17-5-3-2-4-15(16)17)33-24(27)14-6-7-18-19(8-14)32-12-31-18/h2-9,13,18-19,24-25,28H,10-12H2,1H3/t13-,18?,19?,24?/m0/s1. The Balaban J connectivity index is 1.48. The molecule has 3 unspecified atom stereocenters. The highest BCUT2D eigenvalue weighted by Crippen LogP contribution is 2.42. The van der Waals surface area contributed by atoms with Crippen LogP contribution in [0.5, 0.6) is 0 Å². The fourth-order valence-electron chi connectivity index (χ4n) is 4.76. The number of ether oxygens (including phenoxy) is 3. The molecule has 9 nitrogen and oxygen atoms in total. The van der Waals surface area contributed by atoms with Crippen LogP contribution in [0.1, 0.15) is 12.5 Å². The number of amides is 2. The summed E-state index contributed by atoms with van der Waals surface area (Å²) in [5.74, 6) is -0.284. The average molecular weight is 449 g/mol. The number of carbonyl (C=O) groups excluding carboxylic acids is 2. The van der Waals surface area contributed by atoms with Gasteiger partial charge < -0.3 is 29.2 Å². The first kappa shape index (κ1) is 20.2.